The highest BCUT2D eigenvalue weighted by molar-refractivity contribution is 5.74. The molecule has 0 bridgehead atoms. The van der Waals surface area contributed by atoms with Crippen LogP contribution in [-0.2, 0) is 6.54 Å². The standard InChI is InChI=1S/C18H28N4O/c1-14(15-8-9-15)21(2)18(23)20-13-16-7-6-10-19-17(16)22-11-4-3-5-12-22/h6-7,10,14-15H,3-5,8-9,11-13H2,1-2H3,(H,20,23). The largest absolute Gasteiger partial charge is 0.356 e. The lowest BCUT2D eigenvalue weighted by Gasteiger charge is -2.30. The van der Waals surface area contributed by atoms with Crippen LogP contribution in [0.5, 0.6) is 0 Å². The molecule has 1 saturated carbocycles. The number of hydrogen-bond donors (Lipinski definition) is 1. The van der Waals surface area contributed by atoms with E-state index in [0.717, 1.165) is 24.5 Å². The molecule has 1 aromatic heterocycles. The van der Waals surface area contributed by atoms with Crippen molar-refractivity contribution in [3.8, 4) is 0 Å². The number of amides is 2. The summed E-state index contributed by atoms with van der Waals surface area (Å²) in [5.41, 5.74) is 1.11. The van der Waals surface area contributed by atoms with Gasteiger partial charge >= 0.3 is 6.03 Å². The van der Waals surface area contributed by atoms with Gasteiger partial charge in [0.25, 0.3) is 0 Å². The molecule has 0 spiro atoms. The van der Waals surface area contributed by atoms with Crippen molar-refractivity contribution in [2.45, 2.75) is 51.6 Å². The first kappa shape index (κ1) is 16.1. The number of carbonyl (C=O) groups is 1. The van der Waals surface area contributed by atoms with Crippen molar-refractivity contribution in [1.82, 2.24) is 15.2 Å². The van der Waals surface area contributed by atoms with E-state index in [2.05, 4.69) is 28.2 Å². The van der Waals surface area contributed by atoms with E-state index in [-0.39, 0.29) is 6.03 Å². The van der Waals surface area contributed by atoms with Gasteiger partial charge in [0, 0.05) is 44.5 Å². The van der Waals surface area contributed by atoms with Gasteiger partial charge in [-0.1, -0.05) is 6.07 Å². The Balaban J connectivity index is 1.60. The number of urea groups is 1. The van der Waals surface area contributed by atoms with E-state index < -0.39 is 0 Å². The van der Waals surface area contributed by atoms with Crippen LogP contribution in [0.2, 0.25) is 0 Å². The van der Waals surface area contributed by atoms with Crippen LogP contribution in [0.15, 0.2) is 18.3 Å². The summed E-state index contributed by atoms with van der Waals surface area (Å²) in [6.07, 6.45) is 8.10. The second kappa shape index (κ2) is 7.20. The predicted octanol–water partition coefficient (Wildman–Crippen LogP) is 3.01. The van der Waals surface area contributed by atoms with Crippen LogP contribution >= 0.6 is 0 Å². The summed E-state index contributed by atoms with van der Waals surface area (Å²) in [6.45, 7) is 4.81. The monoisotopic (exact) mass is 316 g/mol. The Morgan fingerprint density at radius 2 is 2.13 bits per heavy atom. The van der Waals surface area contributed by atoms with Gasteiger partial charge in [0.05, 0.1) is 0 Å². The van der Waals surface area contributed by atoms with Crippen LogP contribution in [0, 0.1) is 5.92 Å². The third kappa shape index (κ3) is 3.95. The first-order valence-corrected chi connectivity index (χ1v) is 8.86. The van der Waals surface area contributed by atoms with Crippen molar-refractivity contribution in [2.75, 3.05) is 25.0 Å². The third-order valence-electron chi connectivity index (χ3n) is 5.19. The zero-order chi connectivity index (χ0) is 16.2. The first-order valence-electron chi connectivity index (χ1n) is 8.86. The lowest BCUT2D eigenvalue weighted by molar-refractivity contribution is 0.187. The number of nitrogens with zero attached hydrogens (tertiary/aromatic N) is 3. The fourth-order valence-corrected chi connectivity index (χ4v) is 3.33. The highest BCUT2D eigenvalue weighted by Crippen LogP contribution is 2.34. The highest BCUT2D eigenvalue weighted by Gasteiger charge is 2.32. The van der Waals surface area contributed by atoms with E-state index >= 15 is 0 Å². The van der Waals surface area contributed by atoms with E-state index in [0.29, 0.717) is 18.5 Å². The van der Waals surface area contributed by atoms with Crippen molar-refractivity contribution in [3.05, 3.63) is 23.9 Å². The van der Waals surface area contributed by atoms with Crippen molar-refractivity contribution >= 4 is 11.8 Å². The van der Waals surface area contributed by atoms with Crippen LogP contribution in [0.3, 0.4) is 0 Å². The molecule has 3 rings (SSSR count). The highest BCUT2D eigenvalue weighted by atomic mass is 16.2. The van der Waals surface area contributed by atoms with Gasteiger partial charge in [-0.25, -0.2) is 9.78 Å². The maximum atomic E-state index is 12.4. The fraction of sp³-hybridized carbons (Fsp3) is 0.667. The molecule has 126 valence electrons. The summed E-state index contributed by atoms with van der Waals surface area (Å²) in [7, 11) is 1.90. The van der Waals surface area contributed by atoms with E-state index in [1.54, 1.807) is 0 Å². The molecule has 2 heterocycles. The van der Waals surface area contributed by atoms with Crippen molar-refractivity contribution < 1.29 is 4.79 Å². The van der Waals surface area contributed by atoms with Gasteiger partial charge < -0.3 is 15.1 Å². The molecule has 2 fully saturated rings. The molecule has 5 nitrogen and oxygen atoms in total. The normalized spacial score (nSPS) is 19.3. The average Bonchev–Trinajstić information content (AvgIpc) is 3.44. The lowest BCUT2D eigenvalue weighted by atomic mass is 10.1. The number of aromatic nitrogens is 1. The van der Waals surface area contributed by atoms with Crippen molar-refractivity contribution in [3.63, 3.8) is 0 Å². The average molecular weight is 316 g/mol. The molecule has 1 saturated heterocycles. The summed E-state index contributed by atoms with van der Waals surface area (Å²) in [4.78, 5) is 21.1. The van der Waals surface area contributed by atoms with Gasteiger partial charge in [-0.2, -0.15) is 0 Å². The second-order valence-electron chi connectivity index (χ2n) is 6.88. The number of rotatable bonds is 5. The van der Waals surface area contributed by atoms with Crippen LogP contribution in [0.1, 0.15) is 44.6 Å². The molecule has 1 atom stereocenters. The maximum absolute atomic E-state index is 12.4. The van der Waals surface area contributed by atoms with Crippen LogP contribution in [0.4, 0.5) is 10.6 Å². The van der Waals surface area contributed by atoms with Gasteiger partial charge in [0.2, 0.25) is 0 Å². The Labute approximate surface area is 139 Å². The number of carbonyl (C=O) groups excluding carboxylic acids is 1. The molecule has 0 radical (unpaired) electrons. The molecule has 1 unspecified atom stereocenters. The smallest absolute Gasteiger partial charge is 0.317 e. The molecule has 1 aliphatic heterocycles. The van der Waals surface area contributed by atoms with E-state index in [4.69, 9.17) is 0 Å². The molecular weight excluding hydrogens is 288 g/mol. The molecule has 1 aliphatic carbocycles. The number of hydrogen-bond acceptors (Lipinski definition) is 3. The van der Waals surface area contributed by atoms with E-state index in [1.807, 2.05) is 24.2 Å². The third-order valence-corrected chi connectivity index (χ3v) is 5.19. The Kier molecular flexibility index (Phi) is 5.03. The molecule has 1 N–H and O–H groups in total. The molecule has 0 aromatic carbocycles. The molecule has 5 heteroatoms. The van der Waals surface area contributed by atoms with Crippen LogP contribution in [0.25, 0.3) is 0 Å². The molecule has 2 amide bonds. The Morgan fingerprint density at radius 3 is 2.83 bits per heavy atom. The summed E-state index contributed by atoms with van der Waals surface area (Å²) in [5.74, 6) is 1.72. The van der Waals surface area contributed by atoms with Gasteiger partial charge in [0.15, 0.2) is 0 Å². The van der Waals surface area contributed by atoms with E-state index in [9.17, 15) is 4.79 Å². The zero-order valence-corrected chi connectivity index (χ0v) is 14.3. The second-order valence-corrected chi connectivity index (χ2v) is 6.88. The lowest BCUT2D eigenvalue weighted by Crippen LogP contribution is -2.43. The zero-order valence-electron chi connectivity index (χ0n) is 14.3. The Bertz CT molecular complexity index is 538. The van der Waals surface area contributed by atoms with Gasteiger partial charge in [-0.05, 0) is 51.0 Å². The predicted molar refractivity (Wildman–Crippen MR) is 92.5 cm³/mol. The number of piperidine rings is 1. The number of anilines is 1. The fourth-order valence-electron chi connectivity index (χ4n) is 3.33. The minimum atomic E-state index is 0.0119. The summed E-state index contributed by atoms with van der Waals surface area (Å²) < 4.78 is 0. The molecule has 2 aliphatic rings. The number of nitrogens with one attached hydrogen (secondary N) is 1. The number of pyridine rings is 1. The molecule has 1 aromatic rings. The van der Waals surface area contributed by atoms with E-state index in [1.165, 1.54) is 32.1 Å². The van der Waals surface area contributed by atoms with Crippen LogP contribution < -0.4 is 10.2 Å². The SMILES string of the molecule is CC(C1CC1)N(C)C(=O)NCc1cccnc1N1CCCCC1. The molecular formula is C18H28N4O. The maximum Gasteiger partial charge on any atom is 0.317 e. The summed E-state index contributed by atoms with van der Waals surface area (Å²) in [5, 5.41) is 3.06. The van der Waals surface area contributed by atoms with Gasteiger partial charge in [-0.3, -0.25) is 0 Å². The first-order chi connectivity index (χ1) is 11.2. The Morgan fingerprint density at radius 1 is 1.39 bits per heavy atom. The van der Waals surface area contributed by atoms with Crippen LogP contribution in [-0.4, -0.2) is 42.1 Å². The van der Waals surface area contributed by atoms with Gasteiger partial charge in [0.1, 0.15) is 5.82 Å². The minimum absolute atomic E-state index is 0.0119. The topological polar surface area (TPSA) is 48.5 Å². The summed E-state index contributed by atoms with van der Waals surface area (Å²) >= 11 is 0. The Hall–Kier alpha value is -1.78. The van der Waals surface area contributed by atoms with Crippen molar-refractivity contribution in [2.24, 2.45) is 5.92 Å². The van der Waals surface area contributed by atoms with Crippen molar-refractivity contribution in [1.29, 1.82) is 0 Å². The molecule has 23 heavy (non-hydrogen) atoms. The minimum Gasteiger partial charge on any atom is -0.356 e. The summed E-state index contributed by atoms with van der Waals surface area (Å²) in [6, 6.07) is 4.36. The quantitative estimate of drug-likeness (QED) is 0.908. The van der Waals surface area contributed by atoms with Gasteiger partial charge in [-0.15, -0.1) is 0 Å².